The van der Waals surface area contributed by atoms with Gasteiger partial charge in [0.2, 0.25) is 0 Å². The van der Waals surface area contributed by atoms with Crippen molar-refractivity contribution in [1.82, 2.24) is 5.06 Å². The summed E-state index contributed by atoms with van der Waals surface area (Å²) in [5.41, 5.74) is 0. The molecule has 0 unspecified atom stereocenters. The van der Waals surface area contributed by atoms with Crippen LogP contribution in [0.25, 0.3) is 0 Å². The quantitative estimate of drug-likeness (QED) is 0.385. The fourth-order valence-corrected chi connectivity index (χ4v) is 0.388. The molecule has 0 saturated heterocycles. The highest BCUT2D eigenvalue weighted by Crippen LogP contribution is 2.20. The van der Waals surface area contributed by atoms with Crippen LogP contribution in [0.5, 0.6) is 0 Å². The third-order valence-electron chi connectivity index (χ3n) is 0.776. The minimum Gasteiger partial charge on any atom is -0.286 e. The molecule has 0 aromatic heterocycles. The lowest BCUT2D eigenvalue weighted by Gasteiger charge is -2.14. The molecule has 0 spiro atoms. The van der Waals surface area contributed by atoms with Crippen LogP contribution in [0.1, 0.15) is 6.92 Å². The van der Waals surface area contributed by atoms with Crippen LogP contribution in [0.2, 0.25) is 0 Å². The molecule has 0 aliphatic heterocycles. The van der Waals surface area contributed by atoms with Crippen LogP contribution in [0, 0.1) is 0 Å². The maximum absolute atomic E-state index is 11.8. The fourth-order valence-electron chi connectivity index (χ4n) is 0.290. The van der Waals surface area contributed by atoms with Crippen molar-refractivity contribution in [2.24, 2.45) is 0 Å². The van der Waals surface area contributed by atoms with Crippen LogP contribution in [0.4, 0.5) is 8.78 Å². The van der Waals surface area contributed by atoms with Crippen LogP contribution < -0.4 is 0 Å². The fraction of sp³-hybridized carbons (Fsp3) is 0.750. The number of hydrogen-bond acceptors (Lipinski definition) is 2. The van der Waals surface area contributed by atoms with E-state index in [9.17, 15) is 13.6 Å². The van der Waals surface area contributed by atoms with Gasteiger partial charge in [-0.15, -0.1) is 0 Å². The van der Waals surface area contributed by atoms with E-state index in [1.54, 1.807) is 0 Å². The van der Waals surface area contributed by atoms with Crippen LogP contribution >= 0.6 is 11.6 Å². The van der Waals surface area contributed by atoms with Gasteiger partial charge in [0.1, 0.15) is 0 Å². The number of halogens is 3. The lowest BCUT2D eigenvalue weighted by atomic mass is 10.6. The molecule has 0 aromatic carbocycles. The van der Waals surface area contributed by atoms with E-state index in [1.165, 1.54) is 6.92 Å². The average molecular weight is 174 g/mol. The Labute approximate surface area is 61.1 Å². The zero-order valence-corrected chi connectivity index (χ0v) is 5.90. The first-order valence-electron chi connectivity index (χ1n) is 2.47. The second-order valence-electron chi connectivity index (χ2n) is 1.52. The molecule has 0 bridgehead atoms. The topological polar surface area (TPSA) is 40.5 Å². The van der Waals surface area contributed by atoms with Crippen molar-refractivity contribution in [3.05, 3.63) is 0 Å². The summed E-state index contributed by atoms with van der Waals surface area (Å²) in [6.07, 6.45) is 0. The van der Waals surface area contributed by atoms with Crippen LogP contribution in [0.15, 0.2) is 0 Å². The third-order valence-corrected chi connectivity index (χ3v) is 0.938. The number of amides is 1. The minimum atomic E-state index is -4.01. The average Bonchev–Trinajstić information content (AvgIpc) is 1.83. The van der Waals surface area contributed by atoms with Gasteiger partial charge in [0.15, 0.2) is 0 Å². The standard InChI is InChI=1S/C4H6ClF2NO2/c1-2-8(10)3(9)4(5,6)7/h10H,2H2,1H3. The van der Waals surface area contributed by atoms with Crippen molar-refractivity contribution in [1.29, 1.82) is 0 Å². The van der Waals surface area contributed by atoms with Gasteiger partial charge in [0.05, 0.1) is 0 Å². The van der Waals surface area contributed by atoms with Crippen LogP contribution in [0.3, 0.4) is 0 Å². The molecule has 0 radical (unpaired) electrons. The maximum atomic E-state index is 11.8. The lowest BCUT2D eigenvalue weighted by Crippen LogP contribution is -2.37. The Bertz CT molecular complexity index is 136. The summed E-state index contributed by atoms with van der Waals surface area (Å²) in [4.78, 5) is 10.2. The van der Waals surface area contributed by atoms with Gasteiger partial charge < -0.3 is 0 Å². The van der Waals surface area contributed by atoms with E-state index in [0.717, 1.165) is 0 Å². The molecule has 0 rings (SSSR count). The summed E-state index contributed by atoms with van der Waals surface area (Å²) < 4.78 is 23.5. The normalized spacial score (nSPS) is 11.3. The van der Waals surface area contributed by atoms with Crippen molar-refractivity contribution in [3.63, 3.8) is 0 Å². The van der Waals surface area contributed by atoms with Crippen LogP contribution in [-0.4, -0.2) is 28.1 Å². The van der Waals surface area contributed by atoms with E-state index in [2.05, 4.69) is 11.6 Å². The monoisotopic (exact) mass is 173 g/mol. The van der Waals surface area contributed by atoms with Gasteiger partial charge in [-0.05, 0) is 18.5 Å². The molecule has 0 aromatic rings. The van der Waals surface area contributed by atoms with Gasteiger partial charge in [-0.3, -0.25) is 10.0 Å². The largest absolute Gasteiger partial charge is 0.402 e. The smallest absolute Gasteiger partial charge is 0.286 e. The molecule has 0 fully saturated rings. The molecule has 0 atom stereocenters. The number of hydroxylamine groups is 2. The molecule has 1 amide bonds. The van der Waals surface area contributed by atoms with Crippen molar-refractivity contribution < 1.29 is 18.8 Å². The lowest BCUT2D eigenvalue weighted by molar-refractivity contribution is -0.180. The van der Waals surface area contributed by atoms with Crippen molar-refractivity contribution in [2.75, 3.05) is 6.54 Å². The second-order valence-corrected chi connectivity index (χ2v) is 1.99. The van der Waals surface area contributed by atoms with Crippen molar-refractivity contribution in [3.8, 4) is 0 Å². The van der Waals surface area contributed by atoms with Crippen LogP contribution in [-0.2, 0) is 4.79 Å². The summed E-state index contributed by atoms with van der Waals surface area (Å²) >= 11 is 4.27. The molecule has 60 valence electrons. The Morgan fingerprint density at radius 3 is 2.30 bits per heavy atom. The molecule has 0 saturated carbocycles. The Morgan fingerprint density at radius 1 is 1.80 bits per heavy atom. The highest BCUT2D eigenvalue weighted by atomic mass is 35.5. The number of rotatable bonds is 2. The van der Waals surface area contributed by atoms with Gasteiger partial charge in [0, 0.05) is 6.54 Å². The van der Waals surface area contributed by atoms with E-state index in [0.29, 0.717) is 0 Å². The summed E-state index contributed by atoms with van der Waals surface area (Å²) in [5.74, 6) is -1.81. The molecule has 10 heavy (non-hydrogen) atoms. The van der Waals surface area contributed by atoms with Gasteiger partial charge in [-0.25, -0.2) is 5.06 Å². The van der Waals surface area contributed by atoms with Gasteiger partial charge in [-0.2, -0.15) is 8.78 Å². The zero-order valence-electron chi connectivity index (χ0n) is 5.14. The molecular weight excluding hydrogens is 167 g/mol. The number of carbonyl (C=O) groups is 1. The molecule has 6 heteroatoms. The summed E-state index contributed by atoms with van der Waals surface area (Å²) in [5, 5.41) is 4.23. The molecule has 0 heterocycles. The van der Waals surface area contributed by atoms with E-state index >= 15 is 0 Å². The first-order valence-corrected chi connectivity index (χ1v) is 2.85. The van der Waals surface area contributed by atoms with Gasteiger partial charge in [0.25, 0.3) is 0 Å². The highest BCUT2D eigenvalue weighted by molar-refractivity contribution is 6.31. The Kier molecular flexibility index (Phi) is 2.98. The summed E-state index contributed by atoms with van der Waals surface area (Å²) in [6, 6.07) is 0. The highest BCUT2D eigenvalue weighted by Gasteiger charge is 2.39. The maximum Gasteiger partial charge on any atom is 0.402 e. The summed E-state index contributed by atoms with van der Waals surface area (Å²) in [7, 11) is 0. The minimum absolute atomic E-state index is 0.146. The third kappa shape index (κ3) is 2.45. The summed E-state index contributed by atoms with van der Waals surface area (Å²) in [6.45, 7) is 1.11. The van der Waals surface area contributed by atoms with Crippen molar-refractivity contribution >= 4 is 17.5 Å². The Morgan fingerprint density at radius 2 is 2.20 bits per heavy atom. The molecule has 1 N–H and O–H groups in total. The van der Waals surface area contributed by atoms with E-state index in [-0.39, 0.29) is 11.6 Å². The predicted molar refractivity (Wildman–Crippen MR) is 30.0 cm³/mol. The molecule has 0 aliphatic carbocycles. The molecule has 0 aliphatic rings. The van der Waals surface area contributed by atoms with E-state index in [4.69, 9.17) is 5.21 Å². The van der Waals surface area contributed by atoms with E-state index < -0.39 is 11.3 Å². The van der Waals surface area contributed by atoms with E-state index in [1.807, 2.05) is 0 Å². The van der Waals surface area contributed by atoms with Gasteiger partial charge in [-0.1, -0.05) is 0 Å². The number of alkyl halides is 3. The Balaban J connectivity index is 4.09. The number of nitrogens with zero attached hydrogens (tertiary/aromatic N) is 1. The van der Waals surface area contributed by atoms with Crippen molar-refractivity contribution in [2.45, 2.75) is 12.3 Å². The predicted octanol–water partition coefficient (Wildman–Crippen LogP) is 1.06. The SMILES string of the molecule is CCN(O)C(=O)C(F)(F)Cl. The Hall–Kier alpha value is -0.420. The first-order chi connectivity index (χ1) is 4.39. The molecule has 3 nitrogen and oxygen atoms in total. The van der Waals surface area contributed by atoms with Gasteiger partial charge >= 0.3 is 11.3 Å². The second kappa shape index (κ2) is 3.12. The molecular formula is C4H6ClF2NO2. The zero-order chi connectivity index (χ0) is 8.36. The first kappa shape index (κ1) is 9.58. The number of carbonyl (C=O) groups excluding carboxylic acids is 1. The number of hydrogen-bond donors (Lipinski definition) is 1.